The Morgan fingerprint density at radius 1 is 1.11 bits per heavy atom. The molecule has 0 bridgehead atoms. The molecule has 2 amide bonds. The van der Waals surface area contributed by atoms with E-state index in [2.05, 4.69) is 0 Å². The molecule has 0 saturated carbocycles. The second kappa shape index (κ2) is 8.80. The lowest BCUT2D eigenvalue weighted by molar-refractivity contribution is -0.132. The van der Waals surface area contributed by atoms with Crippen LogP contribution in [0, 0.1) is 11.7 Å². The van der Waals surface area contributed by atoms with Gasteiger partial charge in [0.25, 0.3) is 0 Å². The van der Waals surface area contributed by atoms with Crippen LogP contribution in [0.25, 0.3) is 0 Å². The van der Waals surface area contributed by atoms with Crippen LogP contribution in [0.4, 0.5) is 4.39 Å². The monoisotopic (exact) mass is 368 g/mol. The smallest absolute Gasteiger partial charge is 0.227 e. The lowest BCUT2D eigenvalue weighted by atomic mass is 10.0. The van der Waals surface area contributed by atoms with Gasteiger partial charge in [-0.3, -0.25) is 9.59 Å². The molecule has 0 N–H and O–H groups in total. The number of halogens is 1. The van der Waals surface area contributed by atoms with Crippen LogP contribution in [0.2, 0.25) is 0 Å². The molecule has 1 atom stereocenters. The summed E-state index contributed by atoms with van der Waals surface area (Å²) in [6, 6.07) is 16.3. The first-order valence-corrected chi connectivity index (χ1v) is 9.32. The van der Waals surface area contributed by atoms with Gasteiger partial charge in [-0.05, 0) is 29.5 Å². The van der Waals surface area contributed by atoms with Gasteiger partial charge in [-0.15, -0.1) is 0 Å². The van der Waals surface area contributed by atoms with Crippen molar-refractivity contribution in [3.05, 3.63) is 71.5 Å². The van der Waals surface area contributed by atoms with Crippen LogP contribution in [-0.4, -0.2) is 41.8 Å². The molecular weight excluding hydrogens is 343 g/mol. The van der Waals surface area contributed by atoms with Crippen molar-refractivity contribution < 1.29 is 14.0 Å². The van der Waals surface area contributed by atoms with Gasteiger partial charge in [0.2, 0.25) is 11.8 Å². The third-order valence-electron chi connectivity index (χ3n) is 5.09. The summed E-state index contributed by atoms with van der Waals surface area (Å²) >= 11 is 0. The third kappa shape index (κ3) is 5.16. The van der Waals surface area contributed by atoms with E-state index in [1.807, 2.05) is 37.4 Å². The Hall–Kier alpha value is -2.69. The summed E-state index contributed by atoms with van der Waals surface area (Å²) in [5.74, 6) is -0.167. The molecule has 5 heteroatoms. The van der Waals surface area contributed by atoms with Gasteiger partial charge in [-0.2, -0.15) is 0 Å². The van der Waals surface area contributed by atoms with Crippen LogP contribution in [-0.2, 0) is 22.6 Å². The van der Waals surface area contributed by atoms with E-state index in [4.69, 9.17) is 0 Å². The lowest BCUT2D eigenvalue weighted by Gasteiger charge is -2.20. The minimum Gasteiger partial charge on any atom is -0.342 e. The summed E-state index contributed by atoms with van der Waals surface area (Å²) in [6.45, 7) is 1.79. The lowest BCUT2D eigenvalue weighted by Crippen LogP contribution is -2.32. The van der Waals surface area contributed by atoms with Crippen molar-refractivity contribution in [3.63, 3.8) is 0 Å². The first-order valence-electron chi connectivity index (χ1n) is 9.32. The van der Waals surface area contributed by atoms with Gasteiger partial charge in [-0.25, -0.2) is 4.39 Å². The van der Waals surface area contributed by atoms with Crippen molar-refractivity contribution in [2.75, 3.05) is 20.1 Å². The zero-order valence-corrected chi connectivity index (χ0v) is 15.6. The van der Waals surface area contributed by atoms with E-state index in [0.29, 0.717) is 31.6 Å². The predicted octanol–water partition coefficient (Wildman–Crippen LogP) is 3.27. The van der Waals surface area contributed by atoms with Crippen molar-refractivity contribution in [1.82, 2.24) is 9.80 Å². The minimum absolute atomic E-state index is 0.0707. The van der Waals surface area contributed by atoms with Gasteiger partial charge in [-0.1, -0.05) is 48.5 Å². The van der Waals surface area contributed by atoms with Crippen LogP contribution in [0.5, 0.6) is 0 Å². The SMILES string of the molecule is CN(Cc1ccccc1)C(=O)CC1CCN(C(=O)Cc2ccccc2F)C1. The molecule has 142 valence electrons. The molecule has 1 aliphatic rings. The number of hydrogen-bond acceptors (Lipinski definition) is 2. The highest BCUT2D eigenvalue weighted by Gasteiger charge is 2.28. The Balaban J connectivity index is 1.48. The van der Waals surface area contributed by atoms with E-state index < -0.39 is 0 Å². The number of likely N-dealkylation sites (tertiary alicyclic amines) is 1. The van der Waals surface area contributed by atoms with Gasteiger partial charge in [0.15, 0.2) is 0 Å². The minimum atomic E-state index is -0.348. The Labute approximate surface area is 159 Å². The number of hydrogen-bond donors (Lipinski definition) is 0. The fourth-order valence-electron chi connectivity index (χ4n) is 3.49. The van der Waals surface area contributed by atoms with Gasteiger partial charge in [0, 0.05) is 33.1 Å². The quantitative estimate of drug-likeness (QED) is 0.785. The molecular formula is C22H25FN2O2. The fraction of sp³-hybridized carbons (Fsp3) is 0.364. The molecule has 1 aliphatic heterocycles. The maximum absolute atomic E-state index is 13.7. The second-order valence-electron chi connectivity index (χ2n) is 7.20. The molecule has 1 heterocycles. The fourth-order valence-corrected chi connectivity index (χ4v) is 3.49. The Bertz CT molecular complexity index is 794. The predicted molar refractivity (Wildman–Crippen MR) is 102 cm³/mol. The summed E-state index contributed by atoms with van der Waals surface area (Å²) < 4.78 is 13.7. The number of benzene rings is 2. The number of rotatable bonds is 6. The molecule has 0 spiro atoms. The third-order valence-corrected chi connectivity index (χ3v) is 5.09. The number of amides is 2. The molecule has 0 aliphatic carbocycles. The summed E-state index contributed by atoms with van der Waals surface area (Å²) in [5.41, 5.74) is 1.52. The van der Waals surface area contributed by atoms with Crippen molar-refractivity contribution in [2.45, 2.75) is 25.8 Å². The van der Waals surface area contributed by atoms with E-state index in [9.17, 15) is 14.0 Å². The van der Waals surface area contributed by atoms with Gasteiger partial charge < -0.3 is 9.80 Å². The first kappa shape index (κ1) is 19.1. The number of nitrogens with zero attached hydrogens (tertiary/aromatic N) is 2. The topological polar surface area (TPSA) is 40.6 Å². The highest BCUT2D eigenvalue weighted by Crippen LogP contribution is 2.22. The van der Waals surface area contributed by atoms with Crippen molar-refractivity contribution in [1.29, 1.82) is 0 Å². The molecule has 0 aromatic heterocycles. The van der Waals surface area contributed by atoms with E-state index in [1.165, 1.54) is 6.07 Å². The zero-order chi connectivity index (χ0) is 19.2. The highest BCUT2D eigenvalue weighted by atomic mass is 19.1. The van der Waals surface area contributed by atoms with Gasteiger partial charge in [0.05, 0.1) is 6.42 Å². The molecule has 2 aromatic rings. The summed E-state index contributed by atoms with van der Waals surface area (Å²) in [5, 5.41) is 0. The number of carbonyl (C=O) groups is 2. The Morgan fingerprint density at radius 3 is 2.56 bits per heavy atom. The van der Waals surface area contributed by atoms with Gasteiger partial charge in [0.1, 0.15) is 5.82 Å². The Kier molecular flexibility index (Phi) is 6.22. The Morgan fingerprint density at radius 2 is 1.81 bits per heavy atom. The maximum atomic E-state index is 13.7. The first-order chi connectivity index (χ1) is 13.0. The molecule has 1 unspecified atom stereocenters. The molecule has 3 rings (SSSR count). The average Bonchev–Trinajstić information content (AvgIpc) is 3.13. The molecule has 4 nitrogen and oxygen atoms in total. The van der Waals surface area contributed by atoms with Crippen molar-refractivity contribution in [3.8, 4) is 0 Å². The zero-order valence-electron chi connectivity index (χ0n) is 15.6. The average molecular weight is 368 g/mol. The van der Waals surface area contributed by atoms with Crippen LogP contribution >= 0.6 is 0 Å². The summed E-state index contributed by atoms with van der Waals surface area (Å²) in [7, 11) is 1.81. The largest absolute Gasteiger partial charge is 0.342 e. The van der Waals surface area contributed by atoms with E-state index >= 15 is 0 Å². The molecule has 0 radical (unpaired) electrons. The highest BCUT2D eigenvalue weighted by molar-refractivity contribution is 5.79. The van der Waals surface area contributed by atoms with E-state index in [1.54, 1.807) is 28.0 Å². The second-order valence-corrected chi connectivity index (χ2v) is 7.20. The van der Waals surface area contributed by atoms with Crippen LogP contribution < -0.4 is 0 Å². The standard InChI is InChI=1S/C22H25FN2O2/c1-24(15-17-7-3-2-4-8-17)21(26)13-18-11-12-25(16-18)22(27)14-19-9-5-6-10-20(19)23/h2-10,18H,11-16H2,1H3. The summed E-state index contributed by atoms with van der Waals surface area (Å²) in [6.07, 6.45) is 1.32. The van der Waals surface area contributed by atoms with Crippen LogP contribution in [0.1, 0.15) is 24.0 Å². The molecule has 2 aromatic carbocycles. The number of carbonyl (C=O) groups excluding carboxylic acids is 2. The van der Waals surface area contributed by atoms with Crippen molar-refractivity contribution in [2.24, 2.45) is 5.92 Å². The van der Waals surface area contributed by atoms with Crippen molar-refractivity contribution >= 4 is 11.8 Å². The van der Waals surface area contributed by atoms with Crippen LogP contribution in [0.3, 0.4) is 0 Å². The molecule has 1 saturated heterocycles. The van der Waals surface area contributed by atoms with Gasteiger partial charge >= 0.3 is 0 Å². The van der Waals surface area contributed by atoms with E-state index in [-0.39, 0.29) is 30.0 Å². The molecule has 1 fully saturated rings. The van der Waals surface area contributed by atoms with Crippen LogP contribution in [0.15, 0.2) is 54.6 Å². The summed E-state index contributed by atoms with van der Waals surface area (Å²) in [4.78, 5) is 28.4. The normalized spacial score (nSPS) is 16.4. The molecule has 27 heavy (non-hydrogen) atoms. The maximum Gasteiger partial charge on any atom is 0.227 e. The van der Waals surface area contributed by atoms with E-state index in [0.717, 1.165) is 12.0 Å².